The first-order chi connectivity index (χ1) is 10.1. The SMILES string of the molecule is CCCOc1ccccc1C(CC(C)C)NC(=O)CCN.Cl. The summed E-state index contributed by atoms with van der Waals surface area (Å²) in [4.78, 5) is 11.9. The van der Waals surface area contributed by atoms with Crippen LogP contribution >= 0.6 is 12.4 Å². The van der Waals surface area contributed by atoms with Crippen LogP contribution in [0, 0.1) is 5.92 Å². The molecule has 0 bridgehead atoms. The average Bonchev–Trinajstić information content (AvgIpc) is 2.44. The van der Waals surface area contributed by atoms with Crippen LogP contribution in [0.4, 0.5) is 0 Å². The van der Waals surface area contributed by atoms with Crippen molar-refractivity contribution < 1.29 is 9.53 Å². The van der Waals surface area contributed by atoms with Gasteiger partial charge in [-0.15, -0.1) is 12.4 Å². The molecule has 22 heavy (non-hydrogen) atoms. The molecule has 0 heterocycles. The van der Waals surface area contributed by atoms with Gasteiger partial charge in [0.15, 0.2) is 0 Å². The van der Waals surface area contributed by atoms with E-state index in [0.717, 1.165) is 24.2 Å². The number of nitrogens with two attached hydrogens (primary N) is 1. The van der Waals surface area contributed by atoms with Gasteiger partial charge >= 0.3 is 0 Å². The number of benzene rings is 1. The van der Waals surface area contributed by atoms with E-state index >= 15 is 0 Å². The molecular weight excluding hydrogens is 300 g/mol. The van der Waals surface area contributed by atoms with Crippen LogP contribution in [0.15, 0.2) is 24.3 Å². The Morgan fingerprint density at radius 3 is 2.59 bits per heavy atom. The van der Waals surface area contributed by atoms with Crippen molar-refractivity contribution in [1.82, 2.24) is 5.32 Å². The predicted molar refractivity (Wildman–Crippen MR) is 93.5 cm³/mol. The van der Waals surface area contributed by atoms with Crippen LogP contribution in [0.5, 0.6) is 5.75 Å². The molecule has 4 nitrogen and oxygen atoms in total. The maximum Gasteiger partial charge on any atom is 0.221 e. The highest BCUT2D eigenvalue weighted by Crippen LogP contribution is 2.29. The third-order valence-electron chi connectivity index (χ3n) is 3.17. The molecule has 1 rings (SSSR count). The highest BCUT2D eigenvalue weighted by atomic mass is 35.5. The van der Waals surface area contributed by atoms with Crippen molar-refractivity contribution in [3.8, 4) is 5.75 Å². The molecule has 0 aliphatic rings. The number of halogens is 1. The number of rotatable bonds is 9. The minimum absolute atomic E-state index is 0. The lowest BCUT2D eigenvalue weighted by atomic mass is 9.96. The van der Waals surface area contributed by atoms with Crippen LogP contribution in [-0.2, 0) is 4.79 Å². The van der Waals surface area contributed by atoms with Gasteiger partial charge in [0, 0.05) is 18.5 Å². The summed E-state index contributed by atoms with van der Waals surface area (Å²) in [5.74, 6) is 1.33. The lowest BCUT2D eigenvalue weighted by Gasteiger charge is -2.23. The van der Waals surface area contributed by atoms with Crippen molar-refractivity contribution in [1.29, 1.82) is 0 Å². The Morgan fingerprint density at radius 1 is 1.32 bits per heavy atom. The Bertz CT molecular complexity index is 438. The standard InChI is InChI=1S/C17H28N2O2.ClH/c1-4-11-21-16-8-6-5-7-14(16)15(12-13(2)3)19-17(20)9-10-18;/h5-8,13,15H,4,9-12,18H2,1-3H3,(H,19,20);1H. The van der Waals surface area contributed by atoms with Crippen LogP contribution in [0.25, 0.3) is 0 Å². The largest absolute Gasteiger partial charge is 0.493 e. The van der Waals surface area contributed by atoms with E-state index in [1.54, 1.807) is 0 Å². The number of hydrogen-bond acceptors (Lipinski definition) is 3. The van der Waals surface area contributed by atoms with E-state index in [-0.39, 0.29) is 24.4 Å². The van der Waals surface area contributed by atoms with Crippen LogP contribution in [-0.4, -0.2) is 19.1 Å². The summed E-state index contributed by atoms with van der Waals surface area (Å²) in [6.45, 7) is 7.43. The Balaban J connectivity index is 0.00000441. The molecule has 0 spiro atoms. The van der Waals surface area contributed by atoms with Crippen LogP contribution in [0.2, 0.25) is 0 Å². The number of ether oxygens (including phenoxy) is 1. The molecule has 0 saturated carbocycles. The molecule has 3 N–H and O–H groups in total. The fourth-order valence-corrected chi connectivity index (χ4v) is 2.24. The van der Waals surface area contributed by atoms with Gasteiger partial charge in [0.1, 0.15) is 5.75 Å². The summed E-state index contributed by atoms with van der Waals surface area (Å²) < 4.78 is 5.81. The smallest absolute Gasteiger partial charge is 0.221 e. The Kier molecular flexibility index (Phi) is 10.7. The highest BCUT2D eigenvalue weighted by molar-refractivity contribution is 5.85. The quantitative estimate of drug-likeness (QED) is 0.729. The van der Waals surface area contributed by atoms with Gasteiger partial charge in [-0.2, -0.15) is 0 Å². The lowest BCUT2D eigenvalue weighted by molar-refractivity contribution is -0.121. The van der Waals surface area contributed by atoms with E-state index in [1.165, 1.54) is 0 Å². The molecule has 1 aromatic rings. The zero-order chi connectivity index (χ0) is 15.7. The first-order valence-corrected chi connectivity index (χ1v) is 7.79. The zero-order valence-corrected chi connectivity index (χ0v) is 14.6. The van der Waals surface area contributed by atoms with E-state index in [9.17, 15) is 4.79 Å². The number of amides is 1. The summed E-state index contributed by atoms with van der Waals surface area (Å²) >= 11 is 0. The van der Waals surface area contributed by atoms with Gasteiger partial charge in [0.05, 0.1) is 12.6 Å². The molecular formula is C17H29ClN2O2. The summed E-state index contributed by atoms with van der Waals surface area (Å²) in [7, 11) is 0. The molecule has 126 valence electrons. The average molecular weight is 329 g/mol. The number of para-hydroxylation sites is 1. The Hall–Kier alpha value is -1.26. The molecule has 1 amide bonds. The van der Waals surface area contributed by atoms with E-state index in [2.05, 4.69) is 26.1 Å². The van der Waals surface area contributed by atoms with Gasteiger partial charge in [-0.25, -0.2) is 0 Å². The fourth-order valence-electron chi connectivity index (χ4n) is 2.24. The second kappa shape index (κ2) is 11.3. The van der Waals surface area contributed by atoms with Gasteiger partial charge in [-0.05, 0) is 24.8 Å². The van der Waals surface area contributed by atoms with Crippen molar-refractivity contribution in [2.45, 2.75) is 46.1 Å². The van der Waals surface area contributed by atoms with Gasteiger partial charge in [-0.1, -0.05) is 39.0 Å². The molecule has 0 radical (unpaired) electrons. The molecule has 1 aromatic carbocycles. The van der Waals surface area contributed by atoms with Crippen molar-refractivity contribution in [2.24, 2.45) is 11.7 Å². The lowest BCUT2D eigenvalue weighted by Crippen LogP contribution is -2.31. The van der Waals surface area contributed by atoms with Gasteiger partial charge < -0.3 is 15.8 Å². The summed E-state index contributed by atoms with van der Waals surface area (Å²) in [6, 6.07) is 7.91. The maximum atomic E-state index is 11.9. The highest BCUT2D eigenvalue weighted by Gasteiger charge is 2.19. The molecule has 0 aromatic heterocycles. The predicted octanol–water partition coefficient (Wildman–Crippen LogP) is 3.45. The van der Waals surface area contributed by atoms with E-state index in [0.29, 0.717) is 25.5 Å². The Labute approximate surface area is 140 Å². The van der Waals surface area contributed by atoms with E-state index in [4.69, 9.17) is 10.5 Å². The van der Waals surface area contributed by atoms with E-state index < -0.39 is 0 Å². The monoisotopic (exact) mass is 328 g/mol. The molecule has 0 saturated heterocycles. The molecule has 0 aliphatic heterocycles. The first kappa shape index (κ1) is 20.7. The van der Waals surface area contributed by atoms with Gasteiger partial charge in [0.25, 0.3) is 0 Å². The maximum absolute atomic E-state index is 11.9. The van der Waals surface area contributed by atoms with Crippen LogP contribution < -0.4 is 15.8 Å². The van der Waals surface area contributed by atoms with E-state index in [1.807, 2.05) is 24.3 Å². The molecule has 1 unspecified atom stereocenters. The molecule has 0 aliphatic carbocycles. The van der Waals surface area contributed by atoms with Gasteiger partial charge in [-0.3, -0.25) is 4.79 Å². The molecule has 1 atom stereocenters. The first-order valence-electron chi connectivity index (χ1n) is 7.79. The zero-order valence-electron chi connectivity index (χ0n) is 13.8. The normalized spacial score (nSPS) is 11.7. The second-order valence-electron chi connectivity index (χ2n) is 5.67. The van der Waals surface area contributed by atoms with Crippen molar-refractivity contribution in [3.05, 3.63) is 29.8 Å². The molecule has 0 fully saturated rings. The summed E-state index contributed by atoms with van der Waals surface area (Å²) in [5.41, 5.74) is 6.50. The van der Waals surface area contributed by atoms with Crippen molar-refractivity contribution in [2.75, 3.05) is 13.2 Å². The Morgan fingerprint density at radius 2 is 2.00 bits per heavy atom. The third kappa shape index (κ3) is 7.14. The van der Waals surface area contributed by atoms with Crippen LogP contribution in [0.3, 0.4) is 0 Å². The number of nitrogens with one attached hydrogen (secondary N) is 1. The number of carbonyl (C=O) groups excluding carboxylic acids is 1. The fraction of sp³-hybridized carbons (Fsp3) is 0.588. The van der Waals surface area contributed by atoms with Crippen molar-refractivity contribution >= 4 is 18.3 Å². The third-order valence-corrected chi connectivity index (χ3v) is 3.17. The topological polar surface area (TPSA) is 64.3 Å². The second-order valence-corrected chi connectivity index (χ2v) is 5.67. The van der Waals surface area contributed by atoms with Gasteiger partial charge in [0.2, 0.25) is 5.91 Å². The summed E-state index contributed by atoms with van der Waals surface area (Å²) in [6.07, 6.45) is 2.19. The number of hydrogen-bond donors (Lipinski definition) is 2. The summed E-state index contributed by atoms with van der Waals surface area (Å²) in [5, 5.41) is 3.08. The van der Waals surface area contributed by atoms with Crippen LogP contribution in [0.1, 0.15) is 51.6 Å². The van der Waals surface area contributed by atoms with Crippen molar-refractivity contribution in [3.63, 3.8) is 0 Å². The molecule has 5 heteroatoms. The number of carbonyl (C=O) groups is 1. The minimum Gasteiger partial charge on any atom is -0.493 e. The minimum atomic E-state index is -0.0305.